The van der Waals surface area contributed by atoms with Crippen LogP contribution in [0.1, 0.15) is 30.0 Å². The third-order valence-electron chi connectivity index (χ3n) is 3.81. The Morgan fingerprint density at radius 1 is 1.20 bits per heavy atom. The van der Waals surface area contributed by atoms with Gasteiger partial charge in [-0.15, -0.1) is 0 Å². The van der Waals surface area contributed by atoms with E-state index in [9.17, 15) is 0 Å². The minimum atomic E-state index is 0.517. The van der Waals surface area contributed by atoms with Crippen LogP contribution in [0.15, 0.2) is 42.6 Å². The minimum Gasteiger partial charge on any atom is -0.326 e. The molecule has 3 aromatic rings. The van der Waals surface area contributed by atoms with E-state index < -0.39 is 0 Å². The van der Waals surface area contributed by atoms with Gasteiger partial charge in [-0.2, -0.15) is 5.10 Å². The van der Waals surface area contributed by atoms with E-state index >= 15 is 0 Å². The molecule has 1 fully saturated rings. The highest BCUT2D eigenvalue weighted by atomic mass is 15.3. The highest BCUT2D eigenvalue weighted by Crippen LogP contribution is 2.42. The van der Waals surface area contributed by atoms with E-state index in [1.807, 2.05) is 29.1 Å². The van der Waals surface area contributed by atoms with Gasteiger partial charge in [0.05, 0.1) is 11.4 Å². The Kier molecular flexibility index (Phi) is 2.57. The molecule has 2 N–H and O–H groups in total. The van der Waals surface area contributed by atoms with Gasteiger partial charge < -0.3 is 5.73 Å². The summed E-state index contributed by atoms with van der Waals surface area (Å²) in [5.41, 5.74) is 9.95. The number of fused-ring (bicyclic) bond motifs is 1. The van der Waals surface area contributed by atoms with Gasteiger partial charge in [0.2, 0.25) is 0 Å². The molecule has 0 bridgehead atoms. The van der Waals surface area contributed by atoms with Gasteiger partial charge in [-0.25, -0.2) is 9.67 Å². The maximum Gasteiger partial charge on any atom is 0.163 e. The van der Waals surface area contributed by atoms with Gasteiger partial charge in [-0.05, 0) is 36.6 Å². The summed E-state index contributed by atoms with van der Waals surface area (Å²) in [5, 5.41) is 5.96. The van der Waals surface area contributed by atoms with Gasteiger partial charge in [0.25, 0.3) is 0 Å². The molecular weight excluding hydrogens is 248 g/mol. The Hall–Kier alpha value is -2.20. The fourth-order valence-electron chi connectivity index (χ4n) is 2.59. The van der Waals surface area contributed by atoms with Crippen LogP contribution in [0.2, 0.25) is 0 Å². The number of benzene rings is 1. The predicted octanol–water partition coefficient (Wildman–Crippen LogP) is 2.76. The third kappa shape index (κ3) is 1.80. The zero-order chi connectivity index (χ0) is 13.5. The smallest absolute Gasteiger partial charge is 0.163 e. The summed E-state index contributed by atoms with van der Waals surface area (Å²) in [4.78, 5) is 4.58. The zero-order valence-corrected chi connectivity index (χ0v) is 11.2. The lowest BCUT2D eigenvalue weighted by molar-refractivity contribution is 0.850. The molecule has 0 atom stereocenters. The largest absolute Gasteiger partial charge is 0.326 e. The number of para-hydroxylation sites is 1. The Bertz CT molecular complexity index is 757. The molecule has 4 rings (SSSR count). The SMILES string of the molecule is NCc1cnc2c(c1)c(C1CC1)nn2-c1ccccc1. The van der Waals surface area contributed by atoms with Gasteiger partial charge in [-0.3, -0.25) is 0 Å². The van der Waals surface area contributed by atoms with Crippen molar-refractivity contribution in [2.75, 3.05) is 0 Å². The van der Waals surface area contributed by atoms with Crippen LogP contribution in [-0.2, 0) is 6.54 Å². The first-order valence-corrected chi connectivity index (χ1v) is 7.00. The summed E-state index contributed by atoms with van der Waals surface area (Å²) in [7, 11) is 0. The minimum absolute atomic E-state index is 0.517. The number of nitrogens with two attached hydrogens (primary N) is 1. The molecule has 0 amide bonds. The van der Waals surface area contributed by atoms with Crippen LogP contribution in [-0.4, -0.2) is 14.8 Å². The fraction of sp³-hybridized carbons (Fsp3) is 0.250. The number of pyridine rings is 1. The van der Waals surface area contributed by atoms with Crippen LogP contribution >= 0.6 is 0 Å². The molecule has 0 saturated heterocycles. The molecule has 100 valence electrons. The lowest BCUT2D eigenvalue weighted by Crippen LogP contribution is -1.99. The zero-order valence-electron chi connectivity index (χ0n) is 11.2. The maximum atomic E-state index is 5.73. The number of nitrogens with zero attached hydrogens (tertiary/aromatic N) is 3. The Labute approximate surface area is 117 Å². The van der Waals surface area contributed by atoms with Crippen LogP contribution in [0.25, 0.3) is 16.7 Å². The summed E-state index contributed by atoms with van der Waals surface area (Å²) in [6.45, 7) is 0.517. The second-order valence-electron chi connectivity index (χ2n) is 5.33. The lowest BCUT2D eigenvalue weighted by Gasteiger charge is -2.02. The van der Waals surface area contributed by atoms with E-state index in [0.29, 0.717) is 12.5 Å². The standard InChI is InChI=1S/C16H16N4/c17-9-11-8-14-15(12-6-7-12)19-20(16(14)18-10-11)13-4-2-1-3-5-13/h1-5,8,10,12H,6-7,9,17H2. The average Bonchev–Trinajstić information content (AvgIpc) is 3.28. The Morgan fingerprint density at radius 3 is 2.70 bits per heavy atom. The molecule has 1 saturated carbocycles. The molecule has 2 heterocycles. The molecule has 20 heavy (non-hydrogen) atoms. The van der Waals surface area contributed by atoms with Crippen molar-refractivity contribution in [1.29, 1.82) is 0 Å². The van der Waals surface area contributed by atoms with E-state index in [1.54, 1.807) is 0 Å². The molecule has 1 aromatic carbocycles. The van der Waals surface area contributed by atoms with Gasteiger partial charge in [-0.1, -0.05) is 18.2 Å². The summed E-state index contributed by atoms with van der Waals surface area (Å²) in [5.74, 6) is 0.595. The van der Waals surface area contributed by atoms with Gasteiger partial charge in [0.15, 0.2) is 5.65 Å². The summed E-state index contributed by atoms with van der Waals surface area (Å²) < 4.78 is 1.95. The van der Waals surface area contributed by atoms with Crippen molar-refractivity contribution in [3.63, 3.8) is 0 Å². The van der Waals surface area contributed by atoms with Gasteiger partial charge in [0, 0.05) is 24.0 Å². The van der Waals surface area contributed by atoms with Gasteiger partial charge in [0.1, 0.15) is 0 Å². The highest BCUT2D eigenvalue weighted by molar-refractivity contribution is 5.81. The molecular formula is C16H16N4. The first-order valence-electron chi connectivity index (χ1n) is 7.00. The van der Waals surface area contributed by atoms with E-state index in [2.05, 4.69) is 23.2 Å². The number of hydrogen-bond donors (Lipinski definition) is 1. The second kappa shape index (κ2) is 4.42. The van der Waals surface area contributed by atoms with Crippen LogP contribution < -0.4 is 5.73 Å². The lowest BCUT2D eigenvalue weighted by atomic mass is 10.1. The van der Waals surface area contributed by atoms with Crippen molar-refractivity contribution in [3.8, 4) is 5.69 Å². The molecule has 0 aliphatic heterocycles. The maximum absolute atomic E-state index is 5.73. The molecule has 0 spiro atoms. The van der Waals surface area contributed by atoms with Crippen molar-refractivity contribution in [2.45, 2.75) is 25.3 Å². The third-order valence-corrected chi connectivity index (χ3v) is 3.81. The molecule has 0 radical (unpaired) electrons. The number of rotatable bonds is 3. The first-order chi connectivity index (χ1) is 9.86. The van der Waals surface area contributed by atoms with Crippen molar-refractivity contribution in [1.82, 2.24) is 14.8 Å². The van der Waals surface area contributed by atoms with Crippen molar-refractivity contribution >= 4 is 11.0 Å². The predicted molar refractivity (Wildman–Crippen MR) is 78.7 cm³/mol. The molecule has 2 aromatic heterocycles. The summed E-state index contributed by atoms with van der Waals surface area (Å²) in [6, 6.07) is 12.3. The van der Waals surface area contributed by atoms with Crippen LogP contribution in [0.4, 0.5) is 0 Å². The molecule has 1 aliphatic carbocycles. The van der Waals surface area contributed by atoms with Crippen molar-refractivity contribution in [3.05, 3.63) is 53.9 Å². The van der Waals surface area contributed by atoms with E-state index in [1.165, 1.54) is 18.5 Å². The summed E-state index contributed by atoms with van der Waals surface area (Å²) >= 11 is 0. The number of aromatic nitrogens is 3. The first kappa shape index (κ1) is 11.6. The van der Waals surface area contributed by atoms with E-state index in [0.717, 1.165) is 22.3 Å². The fourth-order valence-corrected chi connectivity index (χ4v) is 2.59. The molecule has 4 heteroatoms. The van der Waals surface area contributed by atoms with Crippen molar-refractivity contribution in [2.24, 2.45) is 5.73 Å². The summed E-state index contributed by atoms with van der Waals surface area (Å²) in [6.07, 6.45) is 4.31. The van der Waals surface area contributed by atoms with E-state index in [4.69, 9.17) is 10.8 Å². The van der Waals surface area contributed by atoms with Crippen LogP contribution in [0, 0.1) is 0 Å². The Morgan fingerprint density at radius 2 is 2.00 bits per heavy atom. The van der Waals surface area contributed by atoms with E-state index in [-0.39, 0.29) is 0 Å². The van der Waals surface area contributed by atoms with Crippen LogP contribution in [0.5, 0.6) is 0 Å². The van der Waals surface area contributed by atoms with Crippen molar-refractivity contribution < 1.29 is 0 Å². The quantitative estimate of drug-likeness (QED) is 0.791. The second-order valence-corrected chi connectivity index (χ2v) is 5.33. The Balaban J connectivity index is 1.97. The molecule has 4 nitrogen and oxygen atoms in total. The highest BCUT2D eigenvalue weighted by Gasteiger charge is 2.29. The number of hydrogen-bond acceptors (Lipinski definition) is 3. The average molecular weight is 264 g/mol. The molecule has 0 unspecified atom stereocenters. The monoisotopic (exact) mass is 264 g/mol. The molecule has 1 aliphatic rings. The normalized spacial score (nSPS) is 14.8. The van der Waals surface area contributed by atoms with Crippen LogP contribution in [0.3, 0.4) is 0 Å². The van der Waals surface area contributed by atoms with Gasteiger partial charge >= 0.3 is 0 Å². The topological polar surface area (TPSA) is 56.7 Å².